The van der Waals surface area contributed by atoms with E-state index in [1.54, 1.807) is 0 Å². The van der Waals surface area contributed by atoms with Crippen molar-refractivity contribution in [1.29, 1.82) is 0 Å². The van der Waals surface area contributed by atoms with Crippen molar-refractivity contribution in [2.45, 2.75) is 32.1 Å². The lowest BCUT2D eigenvalue weighted by Gasteiger charge is -2.26. The van der Waals surface area contributed by atoms with Gasteiger partial charge in [-0.2, -0.15) is 0 Å². The molecule has 0 aliphatic heterocycles. The van der Waals surface area contributed by atoms with Crippen LogP contribution in [0.4, 0.5) is 0 Å². The Labute approximate surface area is 80.6 Å². The SMILES string of the molecule is COCC12CCC(COC)(CC1)C2. The summed E-state index contributed by atoms with van der Waals surface area (Å²) in [7, 11) is 3.65. The van der Waals surface area contributed by atoms with Gasteiger partial charge in [-0.15, -0.1) is 0 Å². The minimum atomic E-state index is 0.521. The average molecular weight is 184 g/mol. The normalized spacial score (nSPS) is 42.9. The first kappa shape index (κ1) is 9.47. The van der Waals surface area contributed by atoms with Crippen LogP contribution in [0.2, 0.25) is 0 Å². The molecule has 0 radical (unpaired) electrons. The summed E-state index contributed by atoms with van der Waals surface area (Å²) in [6.45, 7) is 1.91. The molecule has 76 valence electrons. The van der Waals surface area contributed by atoms with Crippen LogP contribution in [0.1, 0.15) is 32.1 Å². The Morgan fingerprint density at radius 2 is 1.23 bits per heavy atom. The predicted octanol–water partition coefficient (Wildman–Crippen LogP) is 2.23. The highest BCUT2D eigenvalue weighted by molar-refractivity contribution is 5.04. The number of fused-ring (bicyclic) bond motifs is 2. The summed E-state index contributed by atoms with van der Waals surface area (Å²) in [4.78, 5) is 0. The Morgan fingerprint density at radius 1 is 0.846 bits per heavy atom. The second-order valence-corrected chi connectivity index (χ2v) is 5.04. The van der Waals surface area contributed by atoms with Crippen LogP contribution in [-0.2, 0) is 9.47 Å². The molecule has 0 saturated heterocycles. The monoisotopic (exact) mass is 184 g/mol. The molecule has 2 heteroatoms. The third kappa shape index (κ3) is 1.50. The van der Waals surface area contributed by atoms with Gasteiger partial charge in [0.15, 0.2) is 0 Å². The van der Waals surface area contributed by atoms with Crippen LogP contribution in [0, 0.1) is 10.8 Å². The predicted molar refractivity (Wildman–Crippen MR) is 51.7 cm³/mol. The molecular formula is C11H20O2. The Kier molecular flexibility index (Phi) is 2.37. The van der Waals surface area contributed by atoms with Crippen LogP contribution in [0.15, 0.2) is 0 Å². The molecule has 2 bridgehead atoms. The zero-order valence-corrected chi connectivity index (χ0v) is 8.77. The first-order chi connectivity index (χ1) is 6.24. The fraction of sp³-hybridized carbons (Fsp3) is 1.00. The van der Waals surface area contributed by atoms with Crippen LogP contribution < -0.4 is 0 Å². The van der Waals surface area contributed by atoms with Gasteiger partial charge in [-0.05, 0) is 42.9 Å². The van der Waals surface area contributed by atoms with Crippen LogP contribution >= 0.6 is 0 Å². The van der Waals surface area contributed by atoms with Crippen molar-refractivity contribution in [3.8, 4) is 0 Å². The largest absolute Gasteiger partial charge is 0.384 e. The fourth-order valence-electron chi connectivity index (χ4n) is 3.46. The molecule has 0 unspecified atom stereocenters. The van der Waals surface area contributed by atoms with E-state index in [2.05, 4.69) is 0 Å². The van der Waals surface area contributed by atoms with Crippen LogP contribution in [0.25, 0.3) is 0 Å². The van der Waals surface area contributed by atoms with Crippen molar-refractivity contribution in [3.05, 3.63) is 0 Å². The Bertz CT molecular complexity index is 161. The van der Waals surface area contributed by atoms with E-state index >= 15 is 0 Å². The highest BCUT2D eigenvalue weighted by atomic mass is 16.5. The van der Waals surface area contributed by atoms with Crippen molar-refractivity contribution < 1.29 is 9.47 Å². The third-order valence-corrected chi connectivity index (χ3v) is 4.02. The van der Waals surface area contributed by atoms with E-state index in [4.69, 9.17) is 9.47 Å². The van der Waals surface area contributed by atoms with Gasteiger partial charge in [0, 0.05) is 14.2 Å². The van der Waals surface area contributed by atoms with E-state index in [0.29, 0.717) is 10.8 Å². The molecule has 0 amide bonds. The maximum atomic E-state index is 5.33. The molecule has 13 heavy (non-hydrogen) atoms. The number of rotatable bonds is 4. The summed E-state index contributed by atoms with van der Waals surface area (Å²) < 4.78 is 10.7. The van der Waals surface area contributed by atoms with Crippen molar-refractivity contribution in [2.75, 3.05) is 27.4 Å². The number of methoxy groups -OCH3 is 2. The summed E-state index contributed by atoms with van der Waals surface area (Å²) in [5.74, 6) is 0. The van der Waals surface area contributed by atoms with E-state index in [9.17, 15) is 0 Å². The van der Waals surface area contributed by atoms with Crippen LogP contribution in [-0.4, -0.2) is 27.4 Å². The summed E-state index contributed by atoms with van der Waals surface area (Å²) in [5, 5.41) is 0. The zero-order valence-electron chi connectivity index (χ0n) is 8.77. The average Bonchev–Trinajstić information content (AvgIpc) is 2.61. The summed E-state index contributed by atoms with van der Waals surface area (Å²) in [6.07, 6.45) is 6.74. The molecule has 0 heterocycles. The van der Waals surface area contributed by atoms with Gasteiger partial charge in [-0.1, -0.05) is 0 Å². The molecular weight excluding hydrogens is 164 g/mol. The van der Waals surface area contributed by atoms with Gasteiger partial charge in [-0.25, -0.2) is 0 Å². The van der Waals surface area contributed by atoms with E-state index in [0.717, 1.165) is 13.2 Å². The minimum absolute atomic E-state index is 0.521. The molecule has 0 spiro atoms. The molecule has 2 fully saturated rings. The number of hydrogen-bond acceptors (Lipinski definition) is 2. The van der Waals surface area contributed by atoms with E-state index in [1.807, 2.05) is 14.2 Å². The van der Waals surface area contributed by atoms with E-state index < -0.39 is 0 Å². The van der Waals surface area contributed by atoms with Gasteiger partial charge < -0.3 is 9.47 Å². The third-order valence-electron chi connectivity index (χ3n) is 4.02. The molecule has 2 rings (SSSR count). The fourth-order valence-corrected chi connectivity index (χ4v) is 3.46. The molecule has 0 atom stereocenters. The maximum absolute atomic E-state index is 5.33. The lowest BCUT2D eigenvalue weighted by molar-refractivity contribution is 0.0858. The standard InChI is InChI=1S/C11H20O2/c1-12-8-10-3-5-11(7-10,6-4-10)9-13-2/h3-9H2,1-2H3. The molecule has 2 saturated carbocycles. The molecule has 0 N–H and O–H groups in total. The molecule has 2 nitrogen and oxygen atoms in total. The van der Waals surface area contributed by atoms with Crippen molar-refractivity contribution in [2.24, 2.45) is 10.8 Å². The smallest absolute Gasteiger partial charge is 0.0518 e. The second-order valence-electron chi connectivity index (χ2n) is 5.04. The maximum Gasteiger partial charge on any atom is 0.0518 e. The van der Waals surface area contributed by atoms with Gasteiger partial charge >= 0.3 is 0 Å². The summed E-state index contributed by atoms with van der Waals surface area (Å²) >= 11 is 0. The summed E-state index contributed by atoms with van der Waals surface area (Å²) in [5.41, 5.74) is 1.04. The first-order valence-electron chi connectivity index (χ1n) is 5.22. The number of ether oxygens (including phenoxy) is 2. The van der Waals surface area contributed by atoms with E-state index in [1.165, 1.54) is 32.1 Å². The van der Waals surface area contributed by atoms with Gasteiger partial charge in [0.2, 0.25) is 0 Å². The topological polar surface area (TPSA) is 18.5 Å². The lowest BCUT2D eigenvalue weighted by Crippen LogP contribution is -2.20. The summed E-state index contributed by atoms with van der Waals surface area (Å²) in [6, 6.07) is 0. The van der Waals surface area contributed by atoms with Crippen LogP contribution in [0.5, 0.6) is 0 Å². The molecule has 0 aromatic carbocycles. The first-order valence-corrected chi connectivity index (χ1v) is 5.22. The van der Waals surface area contributed by atoms with Crippen molar-refractivity contribution in [1.82, 2.24) is 0 Å². The highest BCUT2D eigenvalue weighted by Gasteiger charge is 2.53. The Balaban J connectivity index is 2.01. The van der Waals surface area contributed by atoms with Gasteiger partial charge in [-0.3, -0.25) is 0 Å². The van der Waals surface area contributed by atoms with Crippen LogP contribution in [0.3, 0.4) is 0 Å². The molecule has 0 aromatic heterocycles. The number of hydrogen-bond donors (Lipinski definition) is 0. The molecule has 0 aromatic rings. The quantitative estimate of drug-likeness (QED) is 0.667. The van der Waals surface area contributed by atoms with E-state index in [-0.39, 0.29) is 0 Å². The molecule has 2 aliphatic carbocycles. The Hall–Kier alpha value is -0.0800. The Morgan fingerprint density at radius 3 is 1.54 bits per heavy atom. The van der Waals surface area contributed by atoms with Gasteiger partial charge in [0.25, 0.3) is 0 Å². The highest BCUT2D eigenvalue weighted by Crippen LogP contribution is 2.61. The van der Waals surface area contributed by atoms with Crippen molar-refractivity contribution >= 4 is 0 Å². The van der Waals surface area contributed by atoms with Gasteiger partial charge in [0.1, 0.15) is 0 Å². The lowest BCUT2D eigenvalue weighted by atomic mass is 9.83. The second kappa shape index (κ2) is 3.25. The van der Waals surface area contributed by atoms with Crippen molar-refractivity contribution in [3.63, 3.8) is 0 Å². The minimum Gasteiger partial charge on any atom is -0.384 e. The molecule has 2 aliphatic rings. The van der Waals surface area contributed by atoms with Gasteiger partial charge in [0.05, 0.1) is 13.2 Å². The zero-order chi connectivity index (χ0) is 9.36.